The van der Waals surface area contributed by atoms with Gasteiger partial charge in [-0.3, -0.25) is 14.5 Å². The molecule has 0 radical (unpaired) electrons. The van der Waals surface area contributed by atoms with E-state index in [2.05, 4.69) is 5.32 Å². The second-order valence-corrected chi connectivity index (χ2v) is 7.25. The number of halogens is 2. The lowest BCUT2D eigenvalue weighted by Gasteiger charge is -2.15. The molecule has 2 aromatic carbocycles. The van der Waals surface area contributed by atoms with Gasteiger partial charge in [0, 0.05) is 36.0 Å². The number of hydrogen-bond acceptors (Lipinski definition) is 4. The second-order valence-electron chi connectivity index (χ2n) is 6.40. The lowest BCUT2D eigenvalue weighted by Crippen LogP contribution is -2.34. The number of amides is 2. The number of hydrogen-bond donors (Lipinski definition) is 1. The topological polar surface area (TPSA) is 58.6 Å². The van der Waals surface area contributed by atoms with Gasteiger partial charge in [-0.05, 0) is 48.7 Å². The molecular formula is C21H20Cl2N2O3. The van der Waals surface area contributed by atoms with Crippen molar-refractivity contribution in [3.63, 3.8) is 0 Å². The molecule has 0 aliphatic carbocycles. The molecule has 0 bridgehead atoms. The quantitative estimate of drug-likeness (QED) is 0.529. The molecule has 2 aromatic rings. The highest BCUT2D eigenvalue weighted by Crippen LogP contribution is 2.33. The first-order valence-corrected chi connectivity index (χ1v) is 9.57. The van der Waals surface area contributed by atoms with Crippen molar-refractivity contribution in [3.05, 3.63) is 69.3 Å². The van der Waals surface area contributed by atoms with E-state index in [9.17, 15) is 9.59 Å². The zero-order valence-electron chi connectivity index (χ0n) is 15.6. The molecule has 0 spiro atoms. The fourth-order valence-electron chi connectivity index (χ4n) is 3.02. The molecule has 5 nitrogen and oxygen atoms in total. The average molecular weight is 419 g/mol. The van der Waals surface area contributed by atoms with Gasteiger partial charge in [0.2, 0.25) is 0 Å². The molecule has 2 amide bonds. The van der Waals surface area contributed by atoms with Gasteiger partial charge in [-0.1, -0.05) is 41.4 Å². The Bertz CT molecular complexity index is 939. The summed E-state index contributed by atoms with van der Waals surface area (Å²) in [5, 5.41) is 4.26. The minimum Gasteiger partial charge on any atom is -0.385 e. The van der Waals surface area contributed by atoms with Crippen molar-refractivity contribution in [2.24, 2.45) is 0 Å². The molecule has 0 saturated carbocycles. The van der Waals surface area contributed by atoms with E-state index in [0.29, 0.717) is 39.9 Å². The predicted octanol–water partition coefficient (Wildman–Crippen LogP) is 4.53. The van der Waals surface area contributed by atoms with Crippen molar-refractivity contribution in [1.82, 2.24) is 4.90 Å². The SMILES string of the molecule is COCCCN1C(=O)C(Nc2cccc(Cl)c2C)=C(c2ccc(Cl)cc2)C1=O. The largest absolute Gasteiger partial charge is 0.385 e. The van der Waals surface area contributed by atoms with Crippen molar-refractivity contribution in [2.45, 2.75) is 13.3 Å². The predicted molar refractivity (Wildman–Crippen MR) is 111 cm³/mol. The highest BCUT2D eigenvalue weighted by Gasteiger charge is 2.39. The summed E-state index contributed by atoms with van der Waals surface area (Å²) in [6.07, 6.45) is 0.561. The average Bonchev–Trinajstić information content (AvgIpc) is 2.90. The Labute approximate surface area is 173 Å². The Morgan fingerprint density at radius 2 is 1.75 bits per heavy atom. The minimum atomic E-state index is -0.370. The smallest absolute Gasteiger partial charge is 0.278 e. The molecule has 1 aliphatic heterocycles. The van der Waals surface area contributed by atoms with Crippen LogP contribution in [0.4, 0.5) is 5.69 Å². The molecule has 1 heterocycles. The summed E-state index contributed by atoms with van der Waals surface area (Å²) >= 11 is 12.2. The first-order valence-electron chi connectivity index (χ1n) is 8.81. The molecule has 0 unspecified atom stereocenters. The number of imide groups is 1. The van der Waals surface area contributed by atoms with Crippen LogP contribution in [0.15, 0.2) is 48.2 Å². The van der Waals surface area contributed by atoms with Crippen molar-refractivity contribution in [1.29, 1.82) is 0 Å². The number of methoxy groups -OCH3 is 1. The van der Waals surface area contributed by atoms with Crippen LogP contribution >= 0.6 is 23.2 Å². The van der Waals surface area contributed by atoms with E-state index in [1.165, 1.54) is 4.90 Å². The highest BCUT2D eigenvalue weighted by molar-refractivity contribution is 6.37. The van der Waals surface area contributed by atoms with E-state index >= 15 is 0 Å². The zero-order valence-corrected chi connectivity index (χ0v) is 17.1. The maximum absolute atomic E-state index is 13.1. The maximum atomic E-state index is 13.1. The van der Waals surface area contributed by atoms with Gasteiger partial charge in [-0.15, -0.1) is 0 Å². The molecule has 0 atom stereocenters. The fourth-order valence-corrected chi connectivity index (χ4v) is 3.32. The van der Waals surface area contributed by atoms with Gasteiger partial charge in [-0.25, -0.2) is 0 Å². The van der Waals surface area contributed by atoms with E-state index in [1.807, 2.05) is 13.0 Å². The monoisotopic (exact) mass is 418 g/mol. The Kier molecular flexibility index (Phi) is 6.39. The normalized spacial score (nSPS) is 14.2. The van der Waals surface area contributed by atoms with Gasteiger partial charge in [0.05, 0.1) is 5.57 Å². The minimum absolute atomic E-state index is 0.232. The van der Waals surface area contributed by atoms with E-state index in [0.717, 1.165) is 5.56 Å². The molecule has 0 fully saturated rings. The first kappa shape index (κ1) is 20.4. The Morgan fingerprint density at radius 3 is 2.43 bits per heavy atom. The van der Waals surface area contributed by atoms with Gasteiger partial charge in [0.15, 0.2) is 0 Å². The van der Waals surface area contributed by atoms with Crippen LogP contribution in [0.1, 0.15) is 17.5 Å². The third-order valence-electron chi connectivity index (χ3n) is 4.56. The molecular weight excluding hydrogens is 399 g/mol. The molecule has 0 aromatic heterocycles. The number of rotatable bonds is 7. The number of carbonyl (C=O) groups excluding carboxylic acids is 2. The van der Waals surface area contributed by atoms with Crippen molar-refractivity contribution in [3.8, 4) is 0 Å². The summed E-state index contributed by atoms with van der Waals surface area (Å²) in [7, 11) is 1.58. The van der Waals surface area contributed by atoms with E-state index in [4.69, 9.17) is 27.9 Å². The summed E-state index contributed by atoms with van der Waals surface area (Å²) in [5.41, 5.74) is 2.65. The Balaban J connectivity index is 2.03. The third kappa shape index (κ3) is 4.07. The number of ether oxygens (including phenoxy) is 1. The van der Waals surface area contributed by atoms with Crippen molar-refractivity contribution in [2.75, 3.05) is 25.6 Å². The molecule has 7 heteroatoms. The number of carbonyl (C=O) groups is 2. The maximum Gasteiger partial charge on any atom is 0.278 e. The molecule has 3 rings (SSSR count). The van der Waals surface area contributed by atoms with Crippen LogP contribution in [-0.2, 0) is 14.3 Å². The molecule has 28 heavy (non-hydrogen) atoms. The van der Waals surface area contributed by atoms with Crippen LogP contribution in [0.5, 0.6) is 0 Å². The van der Waals surface area contributed by atoms with Crippen LogP contribution < -0.4 is 5.32 Å². The highest BCUT2D eigenvalue weighted by atomic mass is 35.5. The first-order chi connectivity index (χ1) is 13.4. The Hall–Kier alpha value is -2.34. The summed E-state index contributed by atoms with van der Waals surface area (Å²) in [4.78, 5) is 27.3. The van der Waals surface area contributed by atoms with Crippen LogP contribution in [0.25, 0.3) is 5.57 Å². The summed E-state index contributed by atoms with van der Waals surface area (Å²) < 4.78 is 5.04. The summed E-state index contributed by atoms with van der Waals surface area (Å²) in [6, 6.07) is 12.2. The van der Waals surface area contributed by atoms with Crippen LogP contribution in [0, 0.1) is 6.92 Å². The summed E-state index contributed by atoms with van der Waals surface area (Å²) in [5.74, 6) is -0.712. The zero-order chi connectivity index (χ0) is 20.3. The van der Waals surface area contributed by atoms with Crippen LogP contribution in [-0.4, -0.2) is 37.0 Å². The molecule has 1 aliphatic rings. The van der Waals surface area contributed by atoms with Crippen LogP contribution in [0.3, 0.4) is 0 Å². The van der Waals surface area contributed by atoms with Gasteiger partial charge in [-0.2, -0.15) is 0 Å². The lowest BCUT2D eigenvalue weighted by molar-refractivity contribution is -0.136. The molecule has 1 N–H and O–H groups in total. The van der Waals surface area contributed by atoms with E-state index in [-0.39, 0.29) is 24.1 Å². The number of anilines is 1. The van der Waals surface area contributed by atoms with Gasteiger partial charge < -0.3 is 10.1 Å². The van der Waals surface area contributed by atoms with Gasteiger partial charge in [0.25, 0.3) is 11.8 Å². The third-order valence-corrected chi connectivity index (χ3v) is 5.22. The van der Waals surface area contributed by atoms with E-state index < -0.39 is 0 Å². The molecule has 0 saturated heterocycles. The standard InChI is InChI=1S/C21H20Cl2N2O3/c1-13-16(23)5-3-6-17(13)24-19-18(14-7-9-15(22)10-8-14)20(26)25(21(19)27)11-4-12-28-2/h3,5-10,24H,4,11-12H2,1-2H3. The van der Waals surface area contributed by atoms with Gasteiger partial charge in [0.1, 0.15) is 5.70 Å². The van der Waals surface area contributed by atoms with Crippen LogP contribution in [0.2, 0.25) is 10.0 Å². The molecule has 146 valence electrons. The van der Waals surface area contributed by atoms with Crippen molar-refractivity contribution < 1.29 is 14.3 Å². The summed E-state index contributed by atoms with van der Waals surface area (Å²) in [6.45, 7) is 2.59. The number of nitrogens with one attached hydrogen (secondary N) is 1. The number of nitrogens with zero attached hydrogens (tertiary/aromatic N) is 1. The Morgan fingerprint density at radius 1 is 1.04 bits per heavy atom. The van der Waals surface area contributed by atoms with Crippen molar-refractivity contribution >= 4 is 46.3 Å². The lowest BCUT2D eigenvalue weighted by atomic mass is 10.0. The second kappa shape index (κ2) is 8.78. The van der Waals surface area contributed by atoms with E-state index in [1.54, 1.807) is 43.5 Å². The van der Waals surface area contributed by atoms with Gasteiger partial charge >= 0.3 is 0 Å². The fraction of sp³-hybridized carbons (Fsp3) is 0.238. The number of benzene rings is 2.